The maximum atomic E-state index is 12.2. The highest BCUT2D eigenvalue weighted by atomic mass is 16.6. The molecule has 184 valence electrons. The maximum absolute atomic E-state index is 12.2. The molecule has 2 aromatic heterocycles. The number of carbonyl (C=O) groups excluding carboxylic acids is 1. The highest BCUT2D eigenvalue weighted by molar-refractivity contribution is 6.01. The van der Waals surface area contributed by atoms with Crippen molar-refractivity contribution in [1.29, 1.82) is 0 Å². The van der Waals surface area contributed by atoms with Crippen LogP contribution in [0.4, 0.5) is 16.2 Å². The Morgan fingerprint density at radius 1 is 1.11 bits per heavy atom. The van der Waals surface area contributed by atoms with E-state index in [1.165, 1.54) is 12.8 Å². The third-order valence-corrected chi connectivity index (χ3v) is 6.95. The van der Waals surface area contributed by atoms with E-state index >= 15 is 0 Å². The molecule has 0 unspecified atom stereocenters. The van der Waals surface area contributed by atoms with E-state index in [1.54, 1.807) is 18.5 Å². The SMILES string of the molecule is C[C@@H](OC(=O)Nc1ccc(-c2c(N)c3ccc(Oc4ncccn4)cc3n2CC2CC2)cc1)C1CC1. The number of nitrogens with two attached hydrogens (primary N) is 1. The van der Waals surface area contributed by atoms with E-state index in [2.05, 4.69) is 19.9 Å². The summed E-state index contributed by atoms with van der Waals surface area (Å²) in [5, 5.41) is 3.81. The van der Waals surface area contributed by atoms with Crippen LogP contribution in [-0.2, 0) is 11.3 Å². The van der Waals surface area contributed by atoms with Crippen molar-refractivity contribution in [1.82, 2.24) is 14.5 Å². The standard InChI is InChI=1S/C28H29N5O3/c1-17(19-5-6-19)35-28(34)32-21-9-7-20(8-10-21)26-25(29)23-12-11-22(36-27-30-13-2-14-31-27)15-24(23)33(26)16-18-3-4-18/h2,7-15,17-19H,3-6,16,29H2,1H3,(H,32,34)/t17-/m1/s1. The van der Waals surface area contributed by atoms with Crippen LogP contribution in [-0.4, -0.2) is 26.7 Å². The molecule has 2 fully saturated rings. The molecule has 0 bridgehead atoms. The summed E-state index contributed by atoms with van der Waals surface area (Å²) >= 11 is 0. The first-order chi connectivity index (χ1) is 17.5. The quantitative estimate of drug-likeness (QED) is 0.308. The molecule has 3 N–H and O–H groups in total. The van der Waals surface area contributed by atoms with E-state index in [0.29, 0.717) is 29.3 Å². The van der Waals surface area contributed by atoms with Gasteiger partial charge in [0.25, 0.3) is 0 Å². The third kappa shape index (κ3) is 4.71. The van der Waals surface area contributed by atoms with Crippen molar-refractivity contribution in [3.8, 4) is 23.0 Å². The van der Waals surface area contributed by atoms with Gasteiger partial charge >= 0.3 is 12.1 Å². The smallest absolute Gasteiger partial charge is 0.411 e. The monoisotopic (exact) mass is 483 g/mol. The fourth-order valence-electron chi connectivity index (χ4n) is 4.61. The Morgan fingerprint density at radius 3 is 2.56 bits per heavy atom. The van der Waals surface area contributed by atoms with Crippen LogP contribution in [0.15, 0.2) is 60.9 Å². The number of fused-ring (bicyclic) bond motifs is 1. The van der Waals surface area contributed by atoms with Crippen LogP contribution < -0.4 is 15.8 Å². The Labute approximate surface area is 209 Å². The number of carbonyl (C=O) groups is 1. The second kappa shape index (κ2) is 9.18. The van der Waals surface area contributed by atoms with Gasteiger partial charge in [0.1, 0.15) is 11.9 Å². The van der Waals surface area contributed by atoms with E-state index in [9.17, 15) is 4.79 Å². The zero-order valence-electron chi connectivity index (χ0n) is 20.2. The minimum atomic E-state index is -0.417. The molecule has 2 saturated carbocycles. The molecule has 2 heterocycles. The zero-order valence-corrected chi connectivity index (χ0v) is 20.2. The number of nitrogens with zero attached hydrogens (tertiary/aromatic N) is 3. The highest BCUT2D eigenvalue weighted by Crippen LogP contribution is 2.41. The van der Waals surface area contributed by atoms with Crippen LogP contribution in [0.5, 0.6) is 11.8 Å². The predicted octanol–water partition coefficient (Wildman–Crippen LogP) is 6.23. The van der Waals surface area contributed by atoms with Crippen molar-refractivity contribution in [3.05, 3.63) is 60.9 Å². The molecule has 0 aliphatic heterocycles. The Balaban J connectivity index is 1.29. The summed E-state index contributed by atoms with van der Waals surface area (Å²) in [7, 11) is 0. The van der Waals surface area contributed by atoms with Gasteiger partial charge in [-0.15, -0.1) is 0 Å². The van der Waals surface area contributed by atoms with Gasteiger partial charge < -0.3 is 19.8 Å². The lowest BCUT2D eigenvalue weighted by Crippen LogP contribution is -2.21. The molecule has 36 heavy (non-hydrogen) atoms. The first kappa shape index (κ1) is 22.4. The first-order valence-corrected chi connectivity index (χ1v) is 12.5. The molecule has 2 aromatic carbocycles. The van der Waals surface area contributed by atoms with Gasteiger partial charge in [-0.05, 0) is 74.8 Å². The summed E-state index contributed by atoms with van der Waals surface area (Å²) in [6.07, 6.45) is 7.54. The van der Waals surface area contributed by atoms with Gasteiger partial charge in [0, 0.05) is 41.6 Å². The number of hydrogen-bond donors (Lipinski definition) is 2. The summed E-state index contributed by atoms with van der Waals surface area (Å²) in [6.45, 7) is 2.84. The number of amides is 1. The molecule has 4 aromatic rings. The largest absolute Gasteiger partial charge is 0.446 e. The molecule has 1 atom stereocenters. The molecule has 8 nitrogen and oxygen atoms in total. The van der Waals surface area contributed by atoms with Crippen LogP contribution in [0.1, 0.15) is 32.6 Å². The third-order valence-electron chi connectivity index (χ3n) is 6.95. The van der Waals surface area contributed by atoms with E-state index < -0.39 is 6.09 Å². The van der Waals surface area contributed by atoms with Gasteiger partial charge in [-0.2, -0.15) is 0 Å². The lowest BCUT2D eigenvalue weighted by Gasteiger charge is -2.14. The number of nitrogen functional groups attached to an aromatic ring is 1. The van der Waals surface area contributed by atoms with Gasteiger partial charge in [-0.1, -0.05) is 12.1 Å². The lowest BCUT2D eigenvalue weighted by molar-refractivity contribution is 0.108. The number of rotatable bonds is 8. The average molecular weight is 484 g/mol. The van der Waals surface area contributed by atoms with Gasteiger partial charge in [-0.3, -0.25) is 5.32 Å². The number of benzene rings is 2. The molecule has 1 amide bonds. The Kier molecular flexibility index (Phi) is 5.71. The topological polar surface area (TPSA) is 104 Å². The van der Waals surface area contributed by atoms with Gasteiger partial charge in [0.2, 0.25) is 0 Å². The molecule has 2 aliphatic carbocycles. The molecule has 6 rings (SSSR count). The van der Waals surface area contributed by atoms with Crippen LogP contribution in [0.25, 0.3) is 22.2 Å². The van der Waals surface area contributed by atoms with E-state index in [4.69, 9.17) is 15.2 Å². The minimum absolute atomic E-state index is 0.0514. The van der Waals surface area contributed by atoms with Crippen molar-refractivity contribution in [2.75, 3.05) is 11.1 Å². The maximum Gasteiger partial charge on any atom is 0.411 e. The summed E-state index contributed by atoms with van der Waals surface area (Å²) in [5.41, 5.74) is 11.1. The number of aromatic nitrogens is 3. The normalized spacial score (nSPS) is 16.0. The molecular weight excluding hydrogens is 454 g/mol. The molecule has 0 radical (unpaired) electrons. The fraction of sp³-hybridized carbons (Fsp3) is 0.321. The molecule has 0 spiro atoms. The van der Waals surface area contributed by atoms with Crippen molar-refractivity contribution >= 4 is 28.4 Å². The predicted molar refractivity (Wildman–Crippen MR) is 139 cm³/mol. The summed E-state index contributed by atoms with van der Waals surface area (Å²) in [4.78, 5) is 20.6. The second-order valence-electron chi connectivity index (χ2n) is 9.78. The van der Waals surface area contributed by atoms with Gasteiger partial charge in [0.05, 0.1) is 16.9 Å². The van der Waals surface area contributed by atoms with Crippen LogP contribution in [0.2, 0.25) is 0 Å². The Bertz CT molecular complexity index is 1390. The molecular formula is C28H29N5O3. The van der Waals surface area contributed by atoms with E-state index in [1.807, 2.05) is 49.4 Å². The number of nitrogens with one attached hydrogen (secondary N) is 1. The average Bonchev–Trinajstić information content (AvgIpc) is 3.80. The number of hydrogen-bond acceptors (Lipinski definition) is 6. The van der Waals surface area contributed by atoms with Crippen molar-refractivity contribution in [2.24, 2.45) is 11.8 Å². The lowest BCUT2D eigenvalue weighted by atomic mass is 10.1. The molecule has 8 heteroatoms. The number of anilines is 2. The van der Waals surface area contributed by atoms with Crippen LogP contribution in [0.3, 0.4) is 0 Å². The second-order valence-corrected chi connectivity index (χ2v) is 9.78. The molecule has 0 saturated heterocycles. The first-order valence-electron chi connectivity index (χ1n) is 12.5. The van der Waals surface area contributed by atoms with Crippen molar-refractivity contribution in [3.63, 3.8) is 0 Å². The Morgan fingerprint density at radius 2 is 1.86 bits per heavy atom. The van der Waals surface area contributed by atoms with Crippen LogP contribution in [0, 0.1) is 11.8 Å². The van der Waals surface area contributed by atoms with E-state index in [0.717, 1.165) is 47.2 Å². The van der Waals surface area contributed by atoms with Crippen LogP contribution >= 0.6 is 0 Å². The zero-order chi connectivity index (χ0) is 24.6. The van der Waals surface area contributed by atoms with Crippen molar-refractivity contribution in [2.45, 2.75) is 45.3 Å². The molecule has 2 aliphatic rings. The fourth-order valence-corrected chi connectivity index (χ4v) is 4.61. The summed E-state index contributed by atoms with van der Waals surface area (Å²) in [5.74, 6) is 1.80. The van der Waals surface area contributed by atoms with Crippen molar-refractivity contribution < 1.29 is 14.3 Å². The Hall–Kier alpha value is -4.07. The minimum Gasteiger partial charge on any atom is -0.446 e. The summed E-state index contributed by atoms with van der Waals surface area (Å²) in [6, 6.07) is 15.7. The highest BCUT2D eigenvalue weighted by Gasteiger charge is 2.30. The summed E-state index contributed by atoms with van der Waals surface area (Å²) < 4.78 is 13.7. The van der Waals surface area contributed by atoms with Gasteiger partial charge in [0.15, 0.2) is 0 Å². The van der Waals surface area contributed by atoms with E-state index in [-0.39, 0.29) is 6.10 Å². The number of ether oxygens (including phenoxy) is 2. The van der Waals surface area contributed by atoms with Gasteiger partial charge in [-0.25, -0.2) is 14.8 Å².